The van der Waals surface area contributed by atoms with Gasteiger partial charge in [-0.3, -0.25) is 4.79 Å². The molecule has 2 fully saturated rings. The molecule has 19 heavy (non-hydrogen) atoms. The van der Waals surface area contributed by atoms with Crippen molar-refractivity contribution in [1.82, 2.24) is 10.6 Å². The van der Waals surface area contributed by atoms with Crippen molar-refractivity contribution in [3.05, 3.63) is 0 Å². The normalized spacial score (nSPS) is 23.3. The summed E-state index contributed by atoms with van der Waals surface area (Å²) in [5, 5.41) is 6.41. The van der Waals surface area contributed by atoms with Crippen molar-refractivity contribution in [1.29, 1.82) is 0 Å². The monoisotopic (exact) mass is 268 g/mol. The summed E-state index contributed by atoms with van der Waals surface area (Å²) in [6, 6.07) is 0. The Hall–Kier alpha value is -0.610. The lowest BCUT2D eigenvalue weighted by molar-refractivity contribution is -0.127. The molecule has 0 bridgehead atoms. The Balaban J connectivity index is 1.71. The van der Waals surface area contributed by atoms with E-state index in [1.807, 2.05) is 6.92 Å². The van der Waals surface area contributed by atoms with E-state index in [1.54, 1.807) is 0 Å². The van der Waals surface area contributed by atoms with Gasteiger partial charge < -0.3 is 15.4 Å². The van der Waals surface area contributed by atoms with Crippen LogP contribution in [0.2, 0.25) is 0 Å². The molecule has 1 aliphatic carbocycles. The highest BCUT2D eigenvalue weighted by Gasteiger charge is 2.37. The molecule has 1 aliphatic heterocycles. The van der Waals surface area contributed by atoms with E-state index in [9.17, 15) is 4.79 Å². The molecular weight excluding hydrogens is 240 g/mol. The first-order valence-electron chi connectivity index (χ1n) is 7.73. The lowest BCUT2D eigenvalue weighted by atomic mass is 9.66. The SMILES string of the molecule is CCOCCC1(CNC(=O)C(C)C2CNC2)CCC1. The van der Waals surface area contributed by atoms with E-state index in [2.05, 4.69) is 17.6 Å². The van der Waals surface area contributed by atoms with Gasteiger partial charge in [0.2, 0.25) is 5.91 Å². The van der Waals surface area contributed by atoms with E-state index in [4.69, 9.17) is 4.74 Å². The van der Waals surface area contributed by atoms with Crippen molar-refractivity contribution in [3.8, 4) is 0 Å². The summed E-state index contributed by atoms with van der Waals surface area (Å²) < 4.78 is 5.46. The second-order valence-corrected chi connectivity index (χ2v) is 6.23. The molecule has 4 heteroatoms. The van der Waals surface area contributed by atoms with Gasteiger partial charge in [0.15, 0.2) is 0 Å². The molecule has 110 valence electrons. The standard InChI is InChI=1S/C15H28N2O2/c1-3-19-8-7-15(5-4-6-15)11-17-14(18)12(2)13-9-16-10-13/h12-13,16H,3-11H2,1-2H3,(H,17,18). The number of carbonyl (C=O) groups is 1. The third-order valence-corrected chi connectivity index (χ3v) is 4.97. The van der Waals surface area contributed by atoms with Gasteiger partial charge in [0.25, 0.3) is 0 Å². The maximum absolute atomic E-state index is 12.1. The molecule has 0 spiro atoms. The van der Waals surface area contributed by atoms with Gasteiger partial charge in [-0.2, -0.15) is 0 Å². The van der Waals surface area contributed by atoms with E-state index in [0.29, 0.717) is 11.3 Å². The molecule has 1 amide bonds. The van der Waals surface area contributed by atoms with Gasteiger partial charge in [-0.1, -0.05) is 13.3 Å². The molecule has 1 unspecified atom stereocenters. The van der Waals surface area contributed by atoms with Crippen LogP contribution in [0.25, 0.3) is 0 Å². The first-order valence-corrected chi connectivity index (χ1v) is 7.73. The summed E-state index contributed by atoms with van der Waals surface area (Å²) in [6.07, 6.45) is 4.85. The summed E-state index contributed by atoms with van der Waals surface area (Å²) in [5.74, 6) is 0.903. The van der Waals surface area contributed by atoms with Crippen molar-refractivity contribution in [2.75, 3.05) is 32.8 Å². The van der Waals surface area contributed by atoms with E-state index in [0.717, 1.165) is 39.3 Å². The quantitative estimate of drug-likeness (QED) is 0.657. The van der Waals surface area contributed by atoms with Crippen LogP contribution in [0, 0.1) is 17.3 Å². The molecule has 0 aromatic heterocycles. The van der Waals surface area contributed by atoms with Gasteiger partial charge in [-0.15, -0.1) is 0 Å². The minimum atomic E-state index is 0.144. The Morgan fingerprint density at radius 1 is 1.47 bits per heavy atom. The third kappa shape index (κ3) is 3.69. The summed E-state index contributed by atoms with van der Waals surface area (Å²) in [4.78, 5) is 12.1. The zero-order valence-electron chi connectivity index (χ0n) is 12.3. The van der Waals surface area contributed by atoms with Gasteiger partial charge in [0.05, 0.1) is 0 Å². The fourth-order valence-electron chi connectivity index (χ4n) is 2.94. The minimum absolute atomic E-state index is 0.144. The smallest absolute Gasteiger partial charge is 0.223 e. The Morgan fingerprint density at radius 3 is 2.68 bits per heavy atom. The molecule has 0 aromatic carbocycles. The number of hydrogen-bond acceptors (Lipinski definition) is 3. The number of hydrogen-bond donors (Lipinski definition) is 2. The molecule has 1 atom stereocenters. The van der Waals surface area contributed by atoms with Crippen LogP contribution in [0.3, 0.4) is 0 Å². The zero-order valence-corrected chi connectivity index (χ0v) is 12.3. The highest BCUT2D eigenvalue weighted by atomic mass is 16.5. The van der Waals surface area contributed by atoms with Crippen molar-refractivity contribution < 1.29 is 9.53 Å². The number of rotatable bonds is 8. The molecule has 1 saturated carbocycles. The van der Waals surface area contributed by atoms with Crippen molar-refractivity contribution in [3.63, 3.8) is 0 Å². The van der Waals surface area contributed by atoms with Crippen LogP contribution in [-0.4, -0.2) is 38.8 Å². The van der Waals surface area contributed by atoms with Gasteiger partial charge >= 0.3 is 0 Å². The number of carbonyl (C=O) groups excluding carboxylic acids is 1. The van der Waals surface area contributed by atoms with Crippen molar-refractivity contribution in [2.45, 2.75) is 39.5 Å². The van der Waals surface area contributed by atoms with Gasteiger partial charge in [0, 0.05) is 25.7 Å². The predicted molar refractivity (Wildman–Crippen MR) is 75.9 cm³/mol. The average molecular weight is 268 g/mol. The van der Waals surface area contributed by atoms with Crippen LogP contribution in [0.5, 0.6) is 0 Å². The number of nitrogens with one attached hydrogen (secondary N) is 2. The lowest BCUT2D eigenvalue weighted by Gasteiger charge is -2.42. The molecule has 0 radical (unpaired) electrons. The average Bonchev–Trinajstić information content (AvgIpc) is 2.28. The highest BCUT2D eigenvalue weighted by Crippen LogP contribution is 2.43. The molecular formula is C15H28N2O2. The molecule has 1 saturated heterocycles. The van der Waals surface area contributed by atoms with Crippen molar-refractivity contribution in [2.24, 2.45) is 17.3 Å². The van der Waals surface area contributed by atoms with Crippen LogP contribution in [-0.2, 0) is 9.53 Å². The number of ether oxygens (including phenoxy) is 1. The first-order chi connectivity index (χ1) is 9.17. The summed E-state index contributed by atoms with van der Waals surface area (Å²) in [5.41, 5.74) is 0.322. The Bertz CT molecular complexity index is 299. The van der Waals surface area contributed by atoms with Crippen LogP contribution in [0.15, 0.2) is 0 Å². The summed E-state index contributed by atoms with van der Waals surface area (Å²) >= 11 is 0. The third-order valence-electron chi connectivity index (χ3n) is 4.97. The Labute approximate surface area is 116 Å². The van der Waals surface area contributed by atoms with E-state index in [1.165, 1.54) is 19.3 Å². The zero-order chi connectivity index (χ0) is 13.7. The number of amides is 1. The van der Waals surface area contributed by atoms with E-state index >= 15 is 0 Å². The molecule has 0 aromatic rings. The fraction of sp³-hybridized carbons (Fsp3) is 0.933. The second kappa shape index (κ2) is 6.71. The van der Waals surface area contributed by atoms with Gasteiger partial charge in [0.1, 0.15) is 0 Å². The molecule has 2 N–H and O–H groups in total. The fourth-order valence-corrected chi connectivity index (χ4v) is 2.94. The van der Waals surface area contributed by atoms with Crippen LogP contribution < -0.4 is 10.6 Å². The molecule has 2 rings (SSSR count). The Morgan fingerprint density at radius 2 is 2.21 bits per heavy atom. The first kappa shape index (κ1) is 14.8. The molecule has 2 aliphatic rings. The van der Waals surface area contributed by atoms with Crippen molar-refractivity contribution >= 4 is 5.91 Å². The molecule has 1 heterocycles. The summed E-state index contributed by atoms with van der Waals surface area (Å²) in [7, 11) is 0. The van der Waals surface area contributed by atoms with Crippen LogP contribution in [0.1, 0.15) is 39.5 Å². The minimum Gasteiger partial charge on any atom is -0.382 e. The Kier molecular flexibility index (Phi) is 5.22. The largest absolute Gasteiger partial charge is 0.382 e. The summed E-state index contributed by atoms with van der Waals surface area (Å²) in [6.45, 7) is 8.51. The maximum atomic E-state index is 12.1. The second-order valence-electron chi connectivity index (χ2n) is 6.23. The highest BCUT2D eigenvalue weighted by molar-refractivity contribution is 5.78. The maximum Gasteiger partial charge on any atom is 0.223 e. The van der Waals surface area contributed by atoms with Gasteiger partial charge in [-0.05, 0) is 50.6 Å². The predicted octanol–water partition coefficient (Wildman–Crippen LogP) is 1.55. The topological polar surface area (TPSA) is 50.4 Å². The van der Waals surface area contributed by atoms with Gasteiger partial charge in [-0.25, -0.2) is 0 Å². The van der Waals surface area contributed by atoms with Crippen LogP contribution >= 0.6 is 0 Å². The lowest BCUT2D eigenvalue weighted by Crippen LogP contribution is -2.51. The van der Waals surface area contributed by atoms with E-state index < -0.39 is 0 Å². The molecule has 4 nitrogen and oxygen atoms in total. The van der Waals surface area contributed by atoms with Crippen LogP contribution in [0.4, 0.5) is 0 Å². The van der Waals surface area contributed by atoms with E-state index in [-0.39, 0.29) is 11.8 Å².